The molecule has 0 saturated carbocycles. The van der Waals surface area contributed by atoms with Crippen LogP contribution >= 0.6 is 0 Å². The monoisotopic (exact) mass is 442 g/mol. The minimum atomic E-state index is -4.00. The van der Waals surface area contributed by atoms with Crippen LogP contribution in [0.2, 0.25) is 0 Å². The first-order valence-corrected chi connectivity index (χ1v) is 11.4. The number of benzene rings is 3. The second-order valence-electron chi connectivity index (χ2n) is 7.34. The zero-order valence-corrected chi connectivity index (χ0v) is 17.5. The van der Waals surface area contributed by atoms with Gasteiger partial charge in [0.15, 0.2) is 0 Å². The van der Waals surface area contributed by atoms with Crippen LogP contribution in [0, 0.1) is 5.82 Å². The highest BCUT2D eigenvalue weighted by atomic mass is 32.2. The summed E-state index contributed by atoms with van der Waals surface area (Å²) in [6, 6.07) is 20.2. The van der Waals surface area contributed by atoms with E-state index in [1.165, 1.54) is 12.1 Å². The maximum Gasteiger partial charge on any atom is 0.243 e. The fourth-order valence-corrected chi connectivity index (χ4v) is 5.35. The van der Waals surface area contributed by atoms with Gasteiger partial charge in [0.05, 0.1) is 24.2 Å². The smallest absolute Gasteiger partial charge is 0.243 e. The molecule has 0 radical (unpaired) electrons. The van der Waals surface area contributed by atoms with Crippen LogP contribution in [0.25, 0.3) is 21.8 Å². The standard InChI is InChI=1S/C23H23FN2O4S/c24-17-9-11-19(12-10-17)31(29,30)25(13-14-27)15-18(28)16-26-22-7-3-1-5-20(22)21-6-2-4-8-23(21)26/h1-12,18,27-28H,13-16H2/t18-/m0/s1. The Morgan fingerprint density at radius 1 is 0.903 bits per heavy atom. The van der Waals surface area contributed by atoms with Crippen molar-refractivity contribution in [3.8, 4) is 0 Å². The Kier molecular flexibility index (Phi) is 6.06. The number of aliphatic hydroxyl groups excluding tert-OH is 2. The molecule has 1 atom stereocenters. The zero-order chi connectivity index (χ0) is 22.0. The van der Waals surface area contributed by atoms with Crippen LogP contribution in [0.1, 0.15) is 0 Å². The van der Waals surface area contributed by atoms with Gasteiger partial charge in [-0.2, -0.15) is 4.31 Å². The fraction of sp³-hybridized carbons (Fsp3) is 0.217. The van der Waals surface area contributed by atoms with Gasteiger partial charge in [0.1, 0.15) is 5.82 Å². The number of sulfonamides is 1. The highest BCUT2D eigenvalue weighted by Crippen LogP contribution is 2.29. The number of nitrogens with zero attached hydrogens (tertiary/aromatic N) is 2. The van der Waals surface area contributed by atoms with Crippen LogP contribution in [-0.4, -0.2) is 53.3 Å². The Morgan fingerprint density at radius 3 is 2.00 bits per heavy atom. The number of aromatic nitrogens is 1. The molecule has 0 aliphatic rings. The van der Waals surface area contributed by atoms with Crippen molar-refractivity contribution in [2.75, 3.05) is 19.7 Å². The number of hydrogen-bond acceptors (Lipinski definition) is 4. The molecule has 0 aliphatic carbocycles. The quantitative estimate of drug-likeness (QED) is 0.440. The van der Waals surface area contributed by atoms with E-state index in [1.807, 2.05) is 53.1 Å². The van der Waals surface area contributed by atoms with E-state index < -0.39 is 28.6 Å². The second-order valence-corrected chi connectivity index (χ2v) is 9.28. The van der Waals surface area contributed by atoms with E-state index in [2.05, 4.69) is 0 Å². The summed E-state index contributed by atoms with van der Waals surface area (Å²) in [6.07, 6.45) is -1.03. The highest BCUT2D eigenvalue weighted by molar-refractivity contribution is 7.89. The van der Waals surface area contributed by atoms with E-state index >= 15 is 0 Å². The fourth-order valence-electron chi connectivity index (χ4n) is 3.88. The van der Waals surface area contributed by atoms with Crippen molar-refractivity contribution in [3.63, 3.8) is 0 Å². The van der Waals surface area contributed by atoms with E-state index in [1.54, 1.807) is 0 Å². The molecule has 0 unspecified atom stereocenters. The zero-order valence-electron chi connectivity index (χ0n) is 16.7. The Bertz CT molecular complexity index is 1250. The SMILES string of the molecule is O=S(=O)(c1ccc(F)cc1)N(CCO)C[C@H](O)Cn1c2ccccc2c2ccccc21. The predicted molar refractivity (Wildman–Crippen MR) is 118 cm³/mol. The molecule has 3 aromatic carbocycles. The number of fused-ring (bicyclic) bond motifs is 3. The third-order valence-corrected chi connectivity index (χ3v) is 7.17. The Balaban J connectivity index is 1.63. The Hall–Kier alpha value is -2.78. The first kappa shape index (κ1) is 21.5. The summed E-state index contributed by atoms with van der Waals surface area (Å²) in [5, 5.41) is 22.3. The third-order valence-electron chi connectivity index (χ3n) is 5.29. The number of rotatable bonds is 8. The summed E-state index contributed by atoms with van der Waals surface area (Å²) in [5.41, 5.74) is 1.88. The molecule has 0 amide bonds. The maximum atomic E-state index is 13.2. The molecule has 162 valence electrons. The van der Waals surface area contributed by atoms with Crippen LogP contribution in [-0.2, 0) is 16.6 Å². The summed E-state index contributed by atoms with van der Waals surface area (Å²) >= 11 is 0. The van der Waals surface area contributed by atoms with Gasteiger partial charge in [0.2, 0.25) is 10.0 Å². The molecule has 0 bridgehead atoms. The first-order valence-electron chi connectivity index (χ1n) is 9.92. The molecular weight excluding hydrogens is 419 g/mol. The molecule has 0 fully saturated rings. The Labute approximate surface area is 179 Å². The number of hydrogen-bond donors (Lipinski definition) is 2. The summed E-state index contributed by atoms with van der Waals surface area (Å²) < 4.78 is 42.1. The second kappa shape index (κ2) is 8.76. The van der Waals surface area contributed by atoms with Gasteiger partial charge in [-0.3, -0.25) is 0 Å². The molecule has 1 heterocycles. The topological polar surface area (TPSA) is 82.8 Å². The lowest BCUT2D eigenvalue weighted by Crippen LogP contribution is -2.40. The molecule has 31 heavy (non-hydrogen) atoms. The lowest BCUT2D eigenvalue weighted by Gasteiger charge is -2.24. The van der Waals surface area contributed by atoms with E-state index in [4.69, 9.17) is 0 Å². The lowest BCUT2D eigenvalue weighted by atomic mass is 10.2. The van der Waals surface area contributed by atoms with Crippen molar-refractivity contribution >= 4 is 31.8 Å². The summed E-state index contributed by atoms with van der Waals surface area (Å²) in [5.74, 6) is -0.543. The van der Waals surface area contributed by atoms with Crippen LogP contribution in [0.5, 0.6) is 0 Å². The first-order chi connectivity index (χ1) is 14.9. The largest absolute Gasteiger partial charge is 0.395 e. The number of halogens is 1. The van der Waals surface area contributed by atoms with E-state index in [9.17, 15) is 23.0 Å². The summed E-state index contributed by atoms with van der Waals surface area (Å²) in [6.45, 7) is -0.609. The van der Waals surface area contributed by atoms with Crippen LogP contribution in [0.4, 0.5) is 4.39 Å². The molecule has 0 saturated heterocycles. The van der Waals surface area contributed by atoms with E-state index in [0.29, 0.717) is 0 Å². The van der Waals surface area contributed by atoms with E-state index in [-0.39, 0.29) is 24.5 Å². The molecule has 8 heteroatoms. The molecule has 0 aliphatic heterocycles. The minimum Gasteiger partial charge on any atom is -0.395 e. The van der Waals surface area contributed by atoms with Crippen molar-refractivity contribution in [2.24, 2.45) is 0 Å². The minimum absolute atomic E-state index is 0.0913. The average Bonchev–Trinajstić information content (AvgIpc) is 3.08. The molecule has 4 rings (SSSR count). The molecule has 1 aromatic heterocycles. The van der Waals surface area contributed by atoms with Crippen molar-refractivity contribution in [3.05, 3.63) is 78.6 Å². The highest BCUT2D eigenvalue weighted by Gasteiger charge is 2.27. The third kappa shape index (κ3) is 4.20. The Morgan fingerprint density at radius 2 is 1.45 bits per heavy atom. The van der Waals surface area contributed by atoms with Gasteiger partial charge in [-0.1, -0.05) is 36.4 Å². The summed E-state index contributed by atoms with van der Waals surface area (Å²) in [4.78, 5) is -0.0913. The lowest BCUT2D eigenvalue weighted by molar-refractivity contribution is 0.123. The van der Waals surface area contributed by atoms with Gasteiger partial charge < -0.3 is 14.8 Å². The van der Waals surface area contributed by atoms with Crippen LogP contribution < -0.4 is 0 Å². The van der Waals surface area contributed by atoms with Gasteiger partial charge in [-0.15, -0.1) is 0 Å². The van der Waals surface area contributed by atoms with Gasteiger partial charge in [0.25, 0.3) is 0 Å². The molecular formula is C23H23FN2O4S. The van der Waals surface area contributed by atoms with Gasteiger partial charge in [0, 0.05) is 34.9 Å². The van der Waals surface area contributed by atoms with Crippen molar-refractivity contribution < 1.29 is 23.0 Å². The van der Waals surface area contributed by atoms with Gasteiger partial charge in [-0.25, -0.2) is 12.8 Å². The molecule has 2 N–H and O–H groups in total. The average molecular weight is 443 g/mol. The van der Waals surface area contributed by atoms with Gasteiger partial charge in [-0.05, 0) is 36.4 Å². The number of para-hydroxylation sites is 2. The van der Waals surface area contributed by atoms with Crippen LogP contribution in [0.15, 0.2) is 77.7 Å². The van der Waals surface area contributed by atoms with E-state index in [0.717, 1.165) is 38.2 Å². The predicted octanol–water partition coefficient (Wildman–Crippen LogP) is 2.98. The molecule has 6 nitrogen and oxygen atoms in total. The molecule has 4 aromatic rings. The van der Waals surface area contributed by atoms with Crippen LogP contribution in [0.3, 0.4) is 0 Å². The normalized spacial score (nSPS) is 13.3. The van der Waals surface area contributed by atoms with Gasteiger partial charge >= 0.3 is 0 Å². The molecule has 0 spiro atoms. The van der Waals surface area contributed by atoms with Crippen molar-refractivity contribution in [1.29, 1.82) is 0 Å². The maximum absolute atomic E-state index is 13.2. The van der Waals surface area contributed by atoms with Crippen molar-refractivity contribution in [2.45, 2.75) is 17.5 Å². The van der Waals surface area contributed by atoms with Crippen molar-refractivity contribution in [1.82, 2.24) is 8.87 Å². The number of aliphatic hydroxyl groups is 2. The summed E-state index contributed by atoms with van der Waals surface area (Å²) in [7, 11) is -4.00.